The average molecular weight is 494 g/mol. The van der Waals surface area contributed by atoms with Crippen LogP contribution < -0.4 is 15.5 Å². The number of nitrogens with one attached hydrogen (secondary N) is 3. The molecule has 1 unspecified atom stereocenters. The van der Waals surface area contributed by atoms with Crippen molar-refractivity contribution in [2.45, 2.75) is 33.7 Å². The van der Waals surface area contributed by atoms with Gasteiger partial charge in [-0.1, -0.05) is 63.2 Å². The second-order valence-corrected chi connectivity index (χ2v) is 10.4. The second kappa shape index (κ2) is 10.1. The van der Waals surface area contributed by atoms with Crippen LogP contribution in [-0.2, 0) is 16.1 Å². The molecule has 188 valence electrons. The molecule has 1 atom stereocenters. The SMILES string of the molecule is CC(C)(C)C1C[C]c2ccccc2N(CC(=O)NCc2ccc(Nc3nc4ccccc4[nH]3)cc2)C1=O. The summed E-state index contributed by atoms with van der Waals surface area (Å²) >= 11 is 0. The Labute approximate surface area is 217 Å². The van der Waals surface area contributed by atoms with E-state index in [1.807, 2.05) is 72.8 Å². The van der Waals surface area contributed by atoms with Crippen LogP contribution in [0.15, 0.2) is 72.8 Å². The van der Waals surface area contributed by atoms with E-state index in [1.165, 1.54) is 0 Å². The summed E-state index contributed by atoms with van der Waals surface area (Å²) in [7, 11) is 0. The topological polar surface area (TPSA) is 90.1 Å². The predicted molar refractivity (Wildman–Crippen MR) is 146 cm³/mol. The fraction of sp³-hybridized carbons (Fsp3) is 0.267. The molecule has 0 aliphatic carbocycles. The minimum atomic E-state index is -0.250. The zero-order valence-electron chi connectivity index (χ0n) is 21.3. The zero-order chi connectivity index (χ0) is 26.0. The van der Waals surface area contributed by atoms with Gasteiger partial charge in [-0.2, -0.15) is 0 Å². The lowest BCUT2D eigenvalue weighted by atomic mass is 9.77. The zero-order valence-corrected chi connectivity index (χ0v) is 21.3. The standard InChI is InChI=1S/C30H31N5O2/c1-30(2,3)23-17-14-21-8-4-7-11-26(21)35(28(23)37)19-27(36)31-18-20-12-15-22(16-13-20)32-29-33-24-9-5-6-10-25(24)34-29/h4-13,15-16,23H,17-19H2,1-3H3,(H,31,36)(H2,32,33,34). The van der Waals surface area contributed by atoms with Crippen molar-refractivity contribution in [2.24, 2.45) is 11.3 Å². The molecule has 37 heavy (non-hydrogen) atoms. The number of hydrogen-bond donors (Lipinski definition) is 3. The van der Waals surface area contributed by atoms with Gasteiger partial charge in [0.05, 0.1) is 11.0 Å². The van der Waals surface area contributed by atoms with Gasteiger partial charge in [-0.3, -0.25) is 9.59 Å². The van der Waals surface area contributed by atoms with Crippen molar-refractivity contribution in [3.8, 4) is 0 Å². The first-order chi connectivity index (χ1) is 17.8. The number of carbonyl (C=O) groups excluding carboxylic acids is 2. The van der Waals surface area contributed by atoms with Gasteiger partial charge in [-0.05, 0) is 53.3 Å². The molecule has 0 bridgehead atoms. The van der Waals surface area contributed by atoms with E-state index in [2.05, 4.69) is 47.8 Å². The maximum absolute atomic E-state index is 13.5. The number of anilines is 3. The summed E-state index contributed by atoms with van der Waals surface area (Å²) in [6.45, 7) is 6.50. The Morgan fingerprint density at radius 2 is 1.78 bits per heavy atom. The van der Waals surface area contributed by atoms with Gasteiger partial charge in [0.25, 0.3) is 0 Å². The van der Waals surface area contributed by atoms with Gasteiger partial charge in [0.2, 0.25) is 17.8 Å². The summed E-state index contributed by atoms with van der Waals surface area (Å²) in [6, 6.07) is 23.3. The van der Waals surface area contributed by atoms with Crippen molar-refractivity contribution < 1.29 is 9.59 Å². The summed E-state index contributed by atoms with van der Waals surface area (Å²) in [6.07, 6.45) is 3.93. The van der Waals surface area contributed by atoms with E-state index in [9.17, 15) is 9.59 Å². The number of aromatic amines is 1. The molecule has 7 nitrogen and oxygen atoms in total. The van der Waals surface area contributed by atoms with E-state index in [1.54, 1.807) is 4.90 Å². The maximum atomic E-state index is 13.5. The Bertz CT molecular complexity index is 1380. The Kier molecular flexibility index (Phi) is 6.70. The molecule has 3 N–H and O–H groups in total. The highest BCUT2D eigenvalue weighted by Gasteiger charge is 2.38. The maximum Gasteiger partial charge on any atom is 0.240 e. The van der Waals surface area contributed by atoms with Gasteiger partial charge in [0, 0.05) is 30.3 Å². The molecule has 2 amide bonds. The summed E-state index contributed by atoms with van der Waals surface area (Å²) in [5.74, 6) is 0.176. The molecule has 5 rings (SSSR count). The molecule has 0 saturated carbocycles. The number of hydrogen-bond acceptors (Lipinski definition) is 4. The number of carbonyl (C=O) groups is 2. The number of amides is 2. The predicted octanol–water partition coefficient (Wildman–Crippen LogP) is 5.45. The van der Waals surface area contributed by atoms with E-state index in [0.717, 1.165) is 33.5 Å². The number of benzene rings is 3. The van der Waals surface area contributed by atoms with Crippen molar-refractivity contribution in [1.29, 1.82) is 0 Å². The van der Waals surface area contributed by atoms with Crippen LogP contribution in [0.25, 0.3) is 11.0 Å². The van der Waals surface area contributed by atoms with Crippen LogP contribution in [0.2, 0.25) is 0 Å². The van der Waals surface area contributed by atoms with Crippen LogP contribution in [-0.4, -0.2) is 28.3 Å². The minimum absolute atomic E-state index is 0.0319. The van der Waals surface area contributed by atoms with Gasteiger partial charge in [-0.15, -0.1) is 0 Å². The largest absolute Gasteiger partial charge is 0.350 e. The lowest BCUT2D eigenvalue weighted by Crippen LogP contribution is -2.45. The number of imidazole rings is 1. The molecule has 1 aliphatic heterocycles. The van der Waals surface area contributed by atoms with E-state index < -0.39 is 0 Å². The van der Waals surface area contributed by atoms with E-state index in [-0.39, 0.29) is 29.7 Å². The molecule has 2 heterocycles. The van der Waals surface area contributed by atoms with Crippen molar-refractivity contribution in [3.63, 3.8) is 0 Å². The van der Waals surface area contributed by atoms with Crippen LogP contribution in [0, 0.1) is 17.8 Å². The quantitative estimate of drug-likeness (QED) is 0.333. The number of H-pyrrole nitrogens is 1. The molecule has 1 aromatic heterocycles. The third-order valence-electron chi connectivity index (χ3n) is 6.70. The average Bonchev–Trinajstić information content (AvgIpc) is 3.22. The van der Waals surface area contributed by atoms with Crippen molar-refractivity contribution in [1.82, 2.24) is 15.3 Å². The first-order valence-corrected chi connectivity index (χ1v) is 12.5. The van der Waals surface area contributed by atoms with Crippen LogP contribution in [0.4, 0.5) is 17.3 Å². The number of rotatable bonds is 6. The van der Waals surface area contributed by atoms with Crippen LogP contribution in [0.1, 0.15) is 38.3 Å². The fourth-order valence-corrected chi connectivity index (χ4v) is 4.56. The summed E-state index contributed by atoms with van der Waals surface area (Å²) < 4.78 is 0. The molecule has 0 saturated heterocycles. The van der Waals surface area contributed by atoms with Crippen LogP contribution >= 0.6 is 0 Å². The Morgan fingerprint density at radius 1 is 1.05 bits per heavy atom. The summed E-state index contributed by atoms with van der Waals surface area (Å²) in [4.78, 5) is 35.8. The first-order valence-electron chi connectivity index (χ1n) is 12.5. The highest BCUT2D eigenvalue weighted by Crippen LogP contribution is 2.38. The van der Waals surface area contributed by atoms with E-state index >= 15 is 0 Å². The van der Waals surface area contributed by atoms with Gasteiger partial charge in [0.1, 0.15) is 6.54 Å². The van der Waals surface area contributed by atoms with Crippen LogP contribution in [0.5, 0.6) is 0 Å². The minimum Gasteiger partial charge on any atom is -0.350 e. The highest BCUT2D eigenvalue weighted by atomic mass is 16.2. The number of para-hydroxylation sites is 3. The molecule has 1 aliphatic rings. The molecule has 0 fully saturated rings. The van der Waals surface area contributed by atoms with Gasteiger partial charge >= 0.3 is 0 Å². The monoisotopic (exact) mass is 493 g/mol. The van der Waals surface area contributed by atoms with Crippen molar-refractivity contribution >= 4 is 40.2 Å². The summed E-state index contributed by atoms with van der Waals surface area (Å²) in [5.41, 5.74) is 5.08. The van der Waals surface area contributed by atoms with E-state index in [4.69, 9.17) is 0 Å². The number of nitrogens with zero attached hydrogens (tertiary/aromatic N) is 2. The van der Waals surface area contributed by atoms with Crippen molar-refractivity contribution in [2.75, 3.05) is 16.8 Å². The molecule has 3 aromatic carbocycles. The first kappa shape index (κ1) is 24.6. The van der Waals surface area contributed by atoms with Gasteiger partial charge in [0.15, 0.2) is 0 Å². The normalized spacial score (nSPS) is 15.8. The summed E-state index contributed by atoms with van der Waals surface area (Å²) in [5, 5.41) is 6.24. The van der Waals surface area contributed by atoms with Gasteiger partial charge in [-0.25, -0.2) is 4.98 Å². The van der Waals surface area contributed by atoms with Crippen molar-refractivity contribution in [3.05, 3.63) is 90.3 Å². The van der Waals surface area contributed by atoms with Gasteiger partial charge < -0.3 is 20.5 Å². The molecule has 7 heteroatoms. The van der Waals surface area contributed by atoms with Crippen LogP contribution in [0.3, 0.4) is 0 Å². The Hall–Kier alpha value is -4.13. The third-order valence-corrected chi connectivity index (χ3v) is 6.70. The lowest BCUT2D eigenvalue weighted by Gasteiger charge is -2.32. The molecular formula is C30H31N5O2. The van der Waals surface area contributed by atoms with E-state index in [0.29, 0.717) is 18.9 Å². The Balaban J connectivity index is 1.22. The molecular weight excluding hydrogens is 462 g/mol. The second-order valence-electron chi connectivity index (χ2n) is 10.4. The highest BCUT2D eigenvalue weighted by molar-refractivity contribution is 6.01. The third kappa shape index (κ3) is 5.50. The molecule has 4 aromatic rings. The number of fused-ring (bicyclic) bond motifs is 2. The lowest BCUT2D eigenvalue weighted by molar-refractivity contribution is -0.128. The fourth-order valence-electron chi connectivity index (χ4n) is 4.56. The smallest absolute Gasteiger partial charge is 0.240 e. The number of aromatic nitrogens is 2. The molecule has 2 radical (unpaired) electrons. The Morgan fingerprint density at radius 3 is 2.54 bits per heavy atom. The molecule has 0 spiro atoms.